The summed E-state index contributed by atoms with van der Waals surface area (Å²) >= 11 is 0. The first-order valence-corrected chi connectivity index (χ1v) is 10.3. The van der Waals surface area contributed by atoms with Crippen LogP contribution in [0.4, 0.5) is 19.0 Å². The van der Waals surface area contributed by atoms with Gasteiger partial charge in [-0.15, -0.1) is 0 Å². The van der Waals surface area contributed by atoms with Crippen LogP contribution in [0.5, 0.6) is 0 Å². The Hall–Kier alpha value is -2.94. The maximum absolute atomic E-state index is 12.7. The molecule has 0 radical (unpaired) electrons. The van der Waals surface area contributed by atoms with Gasteiger partial charge in [-0.2, -0.15) is 13.2 Å². The molecule has 2 aromatic rings. The summed E-state index contributed by atoms with van der Waals surface area (Å²) in [6, 6.07) is 9.33. The molecule has 164 valence electrons. The second-order valence-electron chi connectivity index (χ2n) is 7.75. The predicted octanol–water partition coefficient (Wildman–Crippen LogP) is 3.30. The van der Waals surface area contributed by atoms with Gasteiger partial charge in [0.1, 0.15) is 5.82 Å². The van der Waals surface area contributed by atoms with Crippen LogP contribution in [0, 0.1) is 0 Å². The van der Waals surface area contributed by atoms with E-state index in [4.69, 9.17) is 0 Å². The zero-order valence-electron chi connectivity index (χ0n) is 16.9. The van der Waals surface area contributed by atoms with Crippen molar-refractivity contribution >= 4 is 17.6 Å². The van der Waals surface area contributed by atoms with Crippen molar-refractivity contribution in [3.05, 3.63) is 59.3 Å². The SMILES string of the molecule is O=C1c2ccccc2C(=O)N1CCCN1CCCN(c2ccc(C(F)(F)F)cn2)CC1. The second-order valence-corrected chi connectivity index (χ2v) is 7.75. The number of imide groups is 1. The molecule has 2 aliphatic heterocycles. The number of carbonyl (C=O) groups excluding carboxylic acids is 2. The number of fused-ring (bicyclic) bond motifs is 1. The average Bonchev–Trinajstić information content (AvgIpc) is 2.91. The number of hydrogen-bond acceptors (Lipinski definition) is 5. The van der Waals surface area contributed by atoms with Crippen LogP contribution < -0.4 is 4.90 Å². The molecule has 0 atom stereocenters. The fourth-order valence-corrected chi connectivity index (χ4v) is 4.06. The van der Waals surface area contributed by atoms with E-state index in [0.29, 0.717) is 43.0 Å². The molecule has 3 heterocycles. The molecular weight excluding hydrogens is 409 g/mol. The fraction of sp³-hybridized carbons (Fsp3) is 0.409. The van der Waals surface area contributed by atoms with Gasteiger partial charge in [0.15, 0.2) is 0 Å². The number of anilines is 1. The van der Waals surface area contributed by atoms with Gasteiger partial charge in [0, 0.05) is 32.4 Å². The third-order valence-electron chi connectivity index (χ3n) is 5.72. The van der Waals surface area contributed by atoms with Crippen LogP contribution in [0.25, 0.3) is 0 Å². The number of hydrogen-bond donors (Lipinski definition) is 0. The van der Waals surface area contributed by atoms with Gasteiger partial charge in [0.2, 0.25) is 0 Å². The molecule has 0 bridgehead atoms. The third-order valence-corrected chi connectivity index (χ3v) is 5.72. The van der Waals surface area contributed by atoms with E-state index in [-0.39, 0.29) is 11.8 Å². The highest BCUT2D eigenvalue weighted by atomic mass is 19.4. The average molecular weight is 432 g/mol. The van der Waals surface area contributed by atoms with Gasteiger partial charge >= 0.3 is 6.18 Å². The van der Waals surface area contributed by atoms with E-state index in [1.54, 1.807) is 24.3 Å². The highest BCUT2D eigenvalue weighted by Crippen LogP contribution is 2.29. The first kappa shape index (κ1) is 21.3. The fourth-order valence-electron chi connectivity index (χ4n) is 4.06. The topological polar surface area (TPSA) is 56.8 Å². The number of aromatic nitrogens is 1. The van der Waals surface area contributed by atoms with E-state index in [2.05, 4.69) is 9.88 Å². The minimum absolute atomic E-state index is 0.240. The minimum Gasteiger partial charge on any atom is -0.355 e. The molecule has 9 heteroatoms. The molecule has 0 aliphatic carbocycles. The van der Waals surface area contributed by atoms with Crippen molar-refractivity contribution < 1.29 is 22.8 Å². The number of benzene rings is 1. The Balaban J connectivity index is 1.27. The Morgan fingerprint density at radius 2 is 1.58 bits per heavy atom. The van der Waals surface area contributed by atoms with Crippen molar-refractivity contribution in [1.82, 2.24) is 14.8 Å². The van der Waals surface area contributed by atoms with Crippen LogP contribution >= 0.6 is 0 Å². The van der Waals surface area contributed by atoms with E-state index in [0.717, 1.165) is 38.3 Å². The Morgan fingerprint density at radius 3 is 2.19 bits per heavy atom. The van der Waals surface area contributed by atoms with Crippen molar-refractivity contribution in [3.63, 3.8) is 0 Å². The normalized spacial score (nSPS) is 17.8. The standard InChI is InChI=1S/C22H23F3N4O2/c23-22(24,25)16-7-8-19(26-15-16)28-11-3-9-27(13-14-28)10-4-12-29-20(30)17-5-1-2-6-18(17)21(29)31/h1-2,5-8,15H,3-4,9-14H2. The van der Waals surface area contributed by atoms with Gasteiger partial charge in [-0.1, -0.05) is 12.1 Å². The summed E-state index contributed by atoms with van der Waals surface area (Å²) in [7, 11) is 0. The summed E-state index contributed by atoms with van der Waals surface area (Å²) in [6.45, 7) is 4.07. The van der Waals surface area contributed by atoms with Crippen molar-refractivity contribution in [1.29, 1.82) is 0 Å². The van der Waals surface area contributed by atoms with E-state index >= 15 is 0 Å². The Bertz CT molecular complexity index is 927. The number of alkyl halides is 3. The summed E-state index contributed by atoms with van der Waals surface area (Å²) < 4.78 is 38.2. The van der Waals surface area contributed by atoms with Crippen LogP contribution in [0.2, 0.25) is 0 Å². The van der Waals surface area contributed by atoms with Crippen molar-refractivity contribution in [2.24, 2.45) is 0 Å². The predicted molar refractivity (Wildman–Crippen MR) is 109 cm³/mol. The molecule has 2 amide bonds. The molecular formula is C22H23F3N4O2. The quantitative estimate of drug-likeness (QED) is 0.679. The Labute approximate surface area is 178 Å². The number of rotatable bonds is 5. The maximum atomic E-state index is 12.7. The van der Waals surface area contributed by atoms with Gasteiger partial charge in [-0.05, 0) is 50.2 Å². The van der Waals surface area contributed by atoms with Gasteiger partial charge in [-0.25, -0.2) is 4.98 Å². The largest absolute Gasteiger partial charge is 0.417 e. The smallest absolute Gasteiger partial charge is 0.355 e. The Morgan fingerprint density at radius 1 is 0.871 bits per heavy atom. The van der Waals surface area contributed by atoms with Crippen LogP contribution in [-0.2, 0) is 6.18 Å². The molecule has 0 N–H and O–H groups in total. The lowest BCUT2D eigenvalue weighted by Crippen LogP contribution is -2.35. The zero-order chi connectivity index (χ0) is 22.0. The molecule has 1 fully saturated rings. The number of halogens is 3. The summed E-state index contributed by atoms with van der Waals surface area (Å²) in [4.78, 5) is 34.4. The third kappa shape index (κ3) is 4.56. The Kier molecular flexibility index (Phi) is 5.95. The lowest BCUT2D eigenvalue weighted by atomic mass is 10.1. The summed E-state index contributed by atoms with van der Waals surface area (Å²) in [5.41, 5.74) is 0.171. The highest BCUT2D eigenvalue weighted by Gasteiger charge is 2.34. The molecule has 1 aromatic carbocycles. The number of pyridine rings is 1. The lowest BCUT2D eigenvalue weighted by Gasteiger charge is -2.23. The summed E-state index contributed by atoms with van der Waals surface area (Å²) in [6.07, 6.45) is -1.99. The molecule has 0 spiro atoms. The van der Waals surface area contributed by atoms with Crippen LogP contribution in [0.15, 0.2) is 42.6 Å². The van der Waals surface area contributed by atoms with Crippen LogP contribution in [0.1, 0.15) is 39.1 Å². The minimum atomic E-state index is -4.39. The molecule has 1 aromatic heterocycles. The first-order chi connectivity index (χ1) is 14.8. The molecule has 0 unspecified atom stereocenters. The van der Waals surface area contributed by atoms with Gasteiger partial charge < -0.3 is 9.80 Å². The second kappa shape index (κ2) is 8.66. The maximum Gasteiger partial charge on any atom is 0.417 e. The van der Waals surface area contributed by atoms with E-state index < -0.39 is 11.7 Å². The molecule has 0 saturated carbocycles. The molecule has 4 rings (SSSR count). The molecule has 1 saturated heterocycles. The van der Waals surface area contributed by atoms with Crippen LogP contribution in [0.3, 0.4) is 0 Å². The lowest BCUT2D eigenvalue weighted by molar-refractivity contribution is -0.137. The number of carbonyl (C=O) groups is 2. The van der Waals surface area contributed by atoms with Gasteiger partial charge in [0.05, 0.1) is 16.7 Å². The van der Waals surface area contributed by atoms with E-state index in [1.807, 2.05) is 4.90 Å². The van der Waals surface area contributed by atoms with Gasteiger partial charge in [-0.3, -0.25) is 14.5 Å². The summed E-state index contributed by atoms with van der Waals surface area (Å²) in [5.74, 6) is 0.0629. The first-order valence-electron chi connectivity index (χ1n) is 10.3. The highest BCUT2D eigenvalue weighted by molar-refractivity contribution is 6.21. The number of nitrogens with zero attached hydrogens (tertiary/aromatic N) is 4. The molecule has 2 aliphatic rings. The molecule has 31 heavy (non-hydrogen) atoms. The van der Waals surface area contributed by atoms with Crippen molar-refractivity contribution in [2.75, 3.05) is 44.2 Å². The van der Waals surface area contributed by atoms with E-state index in [9.17, 15) is 22.8 Å². The number of amides is 2. The van der Waals surface area contributed by atoms with Crippen molar-refractivity contribution in [3.8, 4) is 0 Å². The monoisotopic (exact) mass is 432 g/mol. The van der Waals surface area contributed by atoms with E-state index in [1.165, 1.54) is 11.0 Å². The van der Waals surface area contributed by atoms with Crippen LogP contribution in [-0.4, -0.2) is 65.9 Å². The summed E-state index contributed by atoms with van der Waals surface area (Å²) in [5, 5.41) is 0. The van der Waals surface area contributed by atoms with Gasteiger partial charge in [0.25, 0.3) is 11.8 Å². The molecule has 6 nitrogen and oxygen atoms in total. The van der Waals surface area contributed by atoms with Crippen molar-refractivity contribution in [2.45, 2.75) is 19.0 Å². The zero-order valence-corrected chi connectivity index (χ0v) is 16.9.